The van der Waals surface area contributed by atoms with Crippen LogP contribution in [0.25, 0.3) is 0 Å². The number of benzene rings is 2. The van der Waals surface area contributed by atoms with Crippen molar-refractivity contribution in [2.75, 3.05) is 11.1 Å². The van der Waals surface area contributed by atoms with E-state index in [1.807, 2.05) is 30.3 Å². The zero-order valence-corrected chi connectivity index (χ0v) is 12.1. The topological polar surface area (TPSA) is 112 Å². The molecule has 116 valence electrons. The Morgan fingerprint density at radius 3 is 2.70 bits per heavy atom. The van der Waals surface area contributed by atoms with Gasteiger partial charge in [-0.05, 0) is 17.7 Å². The molecule has 3 N–H and O–H groups in total. The highest BCUT2D eigenvalue weighted by Gasteiger charge is 2.10. The molecule has 0 aliphatic rings. The molecule has 3 rings (SSSR count). The van der Waals surface area contributed by atoms with E-state index < -0.39 is 4.92 Å². The lowest BCUT2D eigenvalue weighted by Crippen LogP contribution is -2.06. The molecular weight excluding hydrogens is 296 g/mol. The van der Waals surface area contributed by atoms with Crippen LogP contribution in [0.1, 0.15) is 5.56 Å². The third kappa shape index (κ3) is 3.43. The van der Waals surface area contributed by atoms with Crippen molar-refractivity contribution < 1.29 is 4.92 Å². The molecule has 0 fully saturated rings. The van der Waals surface area contributed by atoms with Crippen LogP contribution in [0.5, 0.6) is 0 Å². The molecule has 0 bridgehead atoms. The Labute approximate surface area is 131 Å². The molecule has 2 aromatic carbocycles. The average Bonchev–Trinajstić information content (AvgIpc) is 2.88. The Kier molecular flexibility index (Phi) is 3.88. The number of hydrogen-bond donors (Lipinski definition) is 2. The van der Waals surface area contributed by atoms with Gasteiger partial charge in [-0.2, -0.15) is 4.98 Å². The number of nitro benzene ring substituents is 1. The number of nitrogens with one attached hydrogen (secondary N) is 1. The largest absolute Gasteiger partial charge is 0.368 e. The number of non-ortho nitro benzene ring substituents is 1. The first kappa shape index (κ1) is 14.5. The van der Waals surface area contributed by atoms with Crippen molar-refractivity contribution in [1.82, 2.24) is 14.8 Å². The summed E-state index contributed by atoms with van der Waals surface area (Å²) in [7, 11) is 0. The molecule has 23 heavy (non-hydrogen) atoms. The van der Waals surface area contributed by atoms with Crippen LogP contribution in [0.4, 0.5) is 23.3 Å². The summed E-state index contributed by atoms with van der Waals surface area (Å²) in [6, 6.07) is 15.8. The van der Waals surface area contributed by atoms with E-state index >= 15 is 0 Å². The number of aromatic nitrogens is 3. The quantitative estimate of drug-likeness (QED) is 0.553. The molecule has 0 unspecified atom stereocenters. The van der Waals surface area contributed by atoms with E-state index in [1.54, 1.807) is 12.1 Å². The first-order valence-electron chi connectivity index (χ1n) is 6.87. The second kappa shape index (κ2) is 6.14. The van der Waals surface area contributed by atoms with E-state index in [4.69, 9.17) is 5.73 Å². The fourth-order valence-electron chi connectivity index (χ4n) is 2.12. The Bertz CT molecular complexity index is 831. The van der Waals surface area contributed by atoms with Crippen molar-refractivity contribution in [3.63, 3.8) is 0 Å². The molecule has 3 aromatic rings. The zero-order valence-electron chi connectivity index (χ0n) is 12.1. The number of anilines is 3. The van der Waals surface area contributed by atoms with E-state index in [2.05, 4.69) is 15.4 Å². The maximum absolute atomic E-state index is 10.8. The van der Waals surface area contributed by atoms with Gasteiger partial charge in [0.1, 0.15) is 0 Å². The lowest BCUT2D eigenvalue weighted by Gasteiger charge is -2.03. The minimum absolute atomic E-state index is 0.0313. The van der Waals surface area contributed by atoms with E-state index in [0.717, 1.165) is 11.3 Å². The molecule has 8 nitrogen and oxygen atoms in total. The first-order valence-corrected chi connectivity index (χ1v) is 6.87. The molecule has 1 heterocycles. The van der Waals surface area contributed by atoms with Gasteiger partial charge in [0.05, 0.1) is 11.5 Å². The van der Waals surface area contributed by atoms with E-state index in [9.17, 15) is 10.1 Å². The van der Waals surface area contributed by atoms with Crippen molar-refractivity contribution in [1.29, 1.82) is 0 Å². The highest BCUT2D eigenvalue weighted by atomic mass is 16.6. The molecule has 0 aliphatic carbocycles. The summed E-state index contributed by atoms with van der Waals surface area (Å²) in [5.74, 6) is 0.606. The van der Waals surface area contributed by atoms with Gasteiger partial charge in [0.15, 0.2) is 0 Å². The number of nitrogen functional groups attached to an aromatic ring is 1. The van der Waals surface area contributed by atoms with Crippen LogP contribution < -0.4 is 11.1 Å². The summed E-state index contributed by atoms with van der Waals surface area (Å²) < 4.78 is 1.49. The van der Waals surface area contributed by atoms with Gasteiger partial charge in [0, 0.05) is 17.8 Å². The van der Waals surface area contributed by atoms with Crippen molar-refractivity contribution >= 4 is 23.3 Å². The predicted octanol–water partition coefficient (Wildman–Crippen LogP) is 2.56. The molecule has 0 saturated heterocycles. The molecule has 1 aromatic heterocycles. The van der Waals surface area contributed by atoms with Gasteiger partial charge in [-0.3, -0.25) is 10.1 Å². The van der Waals surface area contributed by atoms with Crippen molar-refractivity contribution in [2.24, 2.45) is 0 Å². The second-order valence-corrected chi connectivity index (χ2v) is 4.87. The van der Waals surface area contributed by atoms with Crippen molar-refractivity contribution in [2.45, 2.75) is 6.54 Å². The fraction of sp³-hybridized carbons (Fsp3) is 0.0667. The SMILES string of the molecule is Nc1nc(Nc2ccccc2)nn1Cc1cccc([N+](=O)[O-])c1. The van der Waals surface area contributed by atoms with Gasteiger partial charge in [0.25, 0.3) is 5.69 Å². The summed E-state index contributed by atoms with van der Waals surface area (Å²) in [4.78, 5) is 14.5. The Morgan fingerprint density at radius 2 is 1.96 bits per heavy atom. The molecule has 8 heteroatoms. The molecule has 0 amide bonds. The first-order chi connectivity index (χ1) is 11.1. The molecular formula is C15H14N6O2. The number of hydrogen-bond acceptors (Lipinski definition) is 6. The predicted molar refractivity (Wildman–Crippen MR) is 86.4 cm³/mol. The van der Waals surface area contributed by atoms with Crippen LogP contribution in [0.15, 0.2) is 54.6 Å². The number of rotatable bonds is 5. The number of para-hydroxylation sites is 1. The number of nitrogens with two attached hydrogens (primary N) is 1. The van der Waals surface area contributed by atoms with E-state index in [1.165, 1.54) is 16.8 Å². The third-order valence-electron chi connectivity index (χ3n) is 3.18. The zero-order chi connectivity index (χ0) is 16.2. The molecule has 0 radical (unpaired) electrons. The van der Waals surface area contributed by atoms with E-state index in [-0.39, 0.29) is 11.6 Å². The van der Waals surface area contributed by atoms with Crippen LogP contribution >= 0.6 is 0 Å². The van der Waals surface area contributed by atoms with Gasteiger partial charge >= 0.3 is 0 Å². The maximum Gasteiger partial charge on any atom is 0.269 e. The number of nitro groups is 1. The molecule has 0 aliphatic heterocycles. The maximum atomic E-state index is 10.8. The summed E-state index contributed by atoms with van der Waals surface area (Å²) >= 11 is 0. The second-order valence-electron chi connectivity index (χ2n) is 4.87. The van der Waals surface area contributed by atoms with Crippen LogP contribution in [0, 0.1) is 10.1 Å². The Balaban J connectivity index is 1.79. The van der Waals surface area contributed by atoms with Gasteiger partial charge in [-0.25, -0.2) is 4.68 Å². The normalized spacial score (nSPS) is 10.4. The van der Waals surface area contributed by atoms with Gasteiger partial charge < -0.3 is 11.1 Å². The van der Waals surface area contributed by atoms with Crippen molar-refractivity contribution in [3.05, 3.63) is 70.3 Å². The monoisotopic (exact) mass is 310 g/mol. The van der Waals surface area contributed by atoms with Crippen LogP contribution in [0.2, 0.25) is 0 Å². The summed E-state index contributed by atoms with van der Waals surface area (Å²) in [6.45, 7) is 0.303. The minimum atomic E-state index is -0.434. The lowest BCUT2D eigenvalue weighted by atomic mass is 10.2. The van der Waals surface area contributed by atoms with Gasteiger partial charge in [0.2, 0.25) is 11.9 Å². The number of nitrogens with zero attached hydrogens (tertiary/aromatic N) is 4. The Morgan fingerprint density at radius 1 is 1.17 bits per heavy atom. The standard InChI is InChI=1S/C15H14N6O2/c16-14-18-15(17-12-6-2-1-3-7-12)19-20(14)10-11-5-4-8-13(9-11)21(22)23/h1-9H,10H2,(H3,16,17,18,19). The third-order valence-corrected chi connectivity index (χ3v) is 3.18. The van der Waals surface area contributed by atoms with Crippen LogP contribution in [-0.4, -0.2) is 19.7 Å². The molecule has 0 spiro atoms. The van der Waals surface area contributed by atoms with Gasteiger partial charge in [-0.15, -0.1) is 5.10 Å². The summed E-state index contributed by atoms with van der Waals surface area (Å²) in [5.41, 5.74) is 7.46. The Hall–Kier alpha value is -3.42. The molecule has 0 saturated carbocycles. The lowest BCUT2D eigenvalue weighted by molar-refractivity contribution is -0.384. The smallest absolute Gasteiger partial charge is 0.269 e. The minimum Gasteiger partial charge on any atom is -0.368 e. The molecule has 0 atom stereocenters. The van der Waals surface area contributed by atoms with Crippen LogP contribution in [0.3, 0.4) is 0 Å². The average molecular weight is 310 g/mol. The fourth-order valence-corrected chi connectivity index (χ4v) is 2.12. The van der Waals surface area contributed by atoms with Crippen LogP contribution in [-0.2, 0) is 6.54 Å². The van der Waals surface area contributed by atoms with Crippen molar-refractivity contribution in [3.8, 4) is 0 Å². The highest BCUT2D eigenvalue weighted by molar-refractivity contribution is 5.53. The highest BCUT2D eigenvalue weighted by Crippen LogP contribution is 2.17. The van der Waals surface area contributed by atoms with Gasteiger partial charge in [-0.1, -0.05) is 30.3 Å². The summed E-state index contributed by atoms with van der Waals surface area (Å²) in [5, 5.41) is 18.1. The van der Waals surface area contributed by atoms with E-state index in [0.29, 0.717) is 12.5 Å². The summed E-state index contributed by atoms with van der Waals surface area (Å²) in [6.07, 6.45) is 0.